The number of ketones is 1. The summed E-state index contributed by atoms with van der Waals surface area (Å²) in [6.07, 6.45) is 1.23. The summed E-state index contributed by atoms with van der Waals surface area (Å²) < 4.78 is 8.86. The van der Waals surface area contributed by atoms with Crippen molar-refractivity contribution in [2.24, 2.45) is 0 Å². The Kier molecular flexibility index (Phi) is 2.14. The van der Waals surface area contributed by atoms with Gasteiger partial charge in [0.05, 0.1) is 19.1 Å². The molecule has 0 bridgehead atoms. The fraction of sp³-hybridized carbons (Fsp3) is 0.143. The van der Waals surface area contributed by atoms with Crippen molar-refractivity contribution in [3.8, 4) is 0 Å². The Hall–Kier alpha value is -1.78. The first-order chi connectivity index (χ1) is 5.66. The molecule has 0 spiro atoms. The minimum atomic E-state index is -0.989. The lowest BCUT2D eigenvalue weighted by Crippen LogP contribution is -2.16. The highest BCUT2D eigenvalue weighted by molar-refractivity contribution is 6.40. The van der Waals surface area contributed by atoms with Crippen LogP contribution in [0.1, 0.15) is 10.6 Å². The molecule has 0 atom stereocenters. The second-order valence-electron chi connectivity index (χ2n) is 2.03. The van der Waals surface area contributed by atoms with Gasteiger partial charge in [-0.25, -0.2) is 4.79 Å². The van der Waals surface area contributed by atoms with E-state index in [1.807, 2.05) is 0 Å². The summed E-state index contributed by atoms with van der Waals surface area (Å²) in [6, 6.07) is 1.39. The van der Waals surface area contributed by atoms with Gasteiger partial charge >= 0.3 is 11.8 Å². The van der Waals surface area contributed by atoms with Gasteiger partial charge in [-0.05, 0) is 0 Å². The van der Waals surface area contributed by atoms with Crippen LogP contribution in [0.3, 0.4) is 0 Å². The molecular weight excluding hydrogens is 162 g/mol. The Labute approximate surface area is 68.1 Å². The van der Waals surface area contributed by atoms with Crippen LogP contribution in [0.5, 0.6) is 0 Å². The molecule has 0 aromatic carbocycles. The minimum absolute atomic E-state index is 0.130. The number of carbonyl (C=O) groups is 2. The van der Waals surface area contributed by atoms with Gasteiger partial charge in [0.25, 0.3) is 0 Å². The fourth-order valence-electron chi connectivity index (χ4n) is 0.689. The van der Waals surface area contributed by atoms with E-state index in [9.17, 15) is 9.59 Å². The molecule has 1 rings (SSSR count). The third kappa shape index (κ3) is 1.29. The highest BCUT2D eigenvalue weighted by Crippen LogP contribution is 2.13. The lowest BCUT2D eigenvalue weighted by atomic mass is 10.3. The van der Waals surface area contributed by atoms with Crippen LogP contribution in [0.25, 0.3) is 0 Å². The highest BCUT2D eigenvalue weighted by atomic mass is 16.5. The van der Waals surface area contributed by atoms with E-state index in [1.165, 1.54) is 12.3 Å². The molecule has 1 heterocycles. The maximum absolute atomic E-state index is 11.0. The predicted octanol–water partition coefficient (Wildman–Crippen LogP) is 0.218. The molecule has 5 nitrogen and oxygen atoms in total. The van der Waals surface area contributed by atoms with Crippen LogP contribution in [-0.4, -0.2) is 18.9 Å². The van der Waals surface area contributed by atoms with Crippen molar-refractivity contribution in [1.82, 2.24) is 0 Å². The number of anilines is 1. The van der Waals surface area contributed by atoms with Crippen LogP contribution in [0.2, 0.25) is 0 Å². The van der Waals surface area contributed by atoms with Crippen molar-refractivity contribution in [1.29, 1.82) is 0 Å². The predicted molar refractivity (Wildman–Crippen MR) is 39.5 cm³/mol. The Morgan fingerprint density at radius 2 is 2.25 bits per heavy atom. The van der Waals surface area contributed by atoms with Crippen molar-refractivity contribution in [3.05, 3.63) is 18.1 Å². The van der Waals surface area contributed by atoms with Crippen molar-refractivity contribution in [2.45, 2.75) is 0 Å². The van der Waals surface area contributed by atoms with Crippen LogP contribution in [-0.2, 0) is 9.53 Å². The van der Waals surface area contributed by atoms with E-state index in [-0.39, 0.29) is 11.4 Å². The molecular formula is C7H7NO4. The van der Waals surface area contributed by atoms with Crippen molar-refractivity contribution in [2.75, 3.05) is 12.8 Å². The quantitative estimate of drug-likeness (QED) is 0.389. The van der Waals surface area contributed by atoms with E-state index in [0.717, 1.165) is 7.11 Å². The minimum Gasteiger partial charge on any atom is -0.463 e. The van der Waals surface area contributed by atoms with Gasteiger partial charge in [-0.1, -0.05) is 0 Å². The Morgan fingerprint density at radius 1 is 1.58 bits per heavy atom. The largest absolute Gasteiger partial charge is 0.463 e. The lowest BCUT2D eigenvalue weighted by Gasteiger charge is -1.94. The van der Waals surface area contributed by atoms with Crippen molar-refractivity contribution in [3.63, 3.8) is 0 Å². The lowest BCUT2D eigenvalue weighted by molar-refractivity contribution is -0.135. The van der Waals surface area contributed by atoms with E-state index in [4.69, 9.17) is 5.73 Å². The molecule has 0 saturated carbocycles. The fourth-order valence-corrected chi connectivity index (χ4v) is 0.689. The summed E-state index contributed by atoms with van der Waals surface area (Å²) in [5, 5.41) is 0. The van der Waals surface area contributed by atoms with E-state index in [0.29, 0.717) is 0 Å². The summed E-state index contributed by atoms with van der Waals surface area (Å²) in [6.45, 7) is 0. The Morgan fingerprint density at radius 3 is 2.67 bits per heavy atom. The van der Waals surface area contributed by atoms with Crippen molar-refractivity contribution >= 4 is 17.4 Å². The molecule has 64 valence electrons. The number of carbonyl (C=O) groups excluding carboxylic acids is 2. The van der Waals surface area contributed by atoms with E-state index in [1.54, 1.807) is 0 Å². The number of Topliss-reactive ketones (excluding diaryl/α,β-unsaturated/α-hetero) is 1. The standard InChI is InChI=1S/C7H7NO4/c1-11-7(10)5(9)6-4(8)2-3-12-6/h2-3H,8H2,1H3. The summed E-state index contributed by atoms with van der Waals surface area (Å²) >= 11 is 0. The van der Waals surface area contributed by atoms with Crippen LogP contribution in [0.15, 0.2) is 16.7 Å². The number of hydrogen-bond donors (Lipinski definition) is 1. The second-order valence-corrected chi connectivity index (χ2v) is 2.03. The molecule has 0 aliphatic rings. The van der Waals surface area contributed by atoms with Crippen molar-refractivity contribution < 1.29 is 18.7 Å². The van der Waals surface area contributed by atoms with Gasteiger partial charge in [0.1, 0.15) is 0 Å². The number of hydrogen-bond acceptors (Lipinski definition) is 5. The average Bonchev–Trinajstić information content (AvgIpc) is 2.48. The zero-order valence-electron chi connectivity index (χ0n) is 6.37. The normalized spacial score (nSPS) is 9.42. The number of nitrogen functional groups attached to an aromatic ring is 1. The van der Waals surface area contributed by atoms with Gasteiger partial charge in [0, 0.05) is 6.07 Å². The first kappa shape index (κ1) is 8.32. The second kappa shape index (κ2) is 3.08. The van der Waals surface area contributed by atoms with Crippen LogP contribution >= 0.6 is 0 Å². The molecule has 0 saturated heterocycles. The van der Waals surface area contributed by atoms with Gasteiger partial charge in [-0.2, -0.15) is 0 Å². The monoisotopic (exact) mass is 169 g/mol. The summed E-state index contributed by atoms with van der Waals surface area (Å²) in [5.41, 5.74) is 5.44. The summed E-state index contributed by atoms with van der Waals surface area (Å²) in [7, 11) is 1.11. The van der Waals surface area contributed by atoms with Crippen LogP contribution < -0.4 is 5.73 Å². The molecule has 1 aromatic rings. The first-order valence-corrected chi connectivity index (χ1v) is 3.12. The molecule has 0 amide bonds. The highest BCUT2D eigenvalue weighted by Gasteiger charge is 2.22. The van der Waals surface area contributed by atoms with Gasteiger partial charge in [-0.3, -0.25) is 4.79 Å². The maximum Gasteiger partial charge on any atom is 0.382 e. The Balaban J connectivity index is 2.93. The number of methoxy groups -OCH3 is 1. The summed E-state index contributed by atoms with van der Waals surface area (Å²) in [5.74, 6) is -2.04. The molecule has 0 unspecified atom stereocenters. The Bertz CT molecular complexity index is 315. The maximum atomic E-state index is 11.0. The molecule has 0 aliphatic heterocycles. The number of rotatable bonds is 2. The number of esters is 1. The number of ether oxygens (including phenoxy) is 1. The van der Waals surface area contributed by atoms with E-state index < -0.39 is 11.8 Å². The van der Waals surface area contributed by atoms with E-state index >= 15 is 0 Å². The molecule has 0 radical (unpaired) electrons. The zero-order valence-corrected chi connectivity index (χ0v) is 6.37. The zero-order chi connectivity index (χ0) is 9.14. The SMILES string of the molecule is COC(=O)C(=O)c1occc1N. The smallest absolute Gasteiger partial charge is 0.382 e. The van der Waals surface area contributed by atoms with Gasteiger partial charge in [0.2, 0.25) is 5.76 Å². The number of nitrogens with two attached hydrogens (primary N) is 1. The summed E-state index contributed by atoms with van der Waals surface area (Å²) in [4.78, 5) is 21.7. The van der Waals surface area contributed by atoms with Gasteiger partial charge < -0.3 is 14.9 Å². The van der Waals surface area contributed by atoms with E-state index in [2.05, 4.69) is 9.15 Å². The molecule has 0 fully saturated rings. The molecule has 1 aromatic heterocycles. The van der Waals surface area contributed by atoms with Gasteiger partial charge in [-0.15, -0.1) is 0 Å². The third-order valence-corrected chi connectivity index (χ3v) is 1.27. The molecule has 2 N–H and O–H groups in total. The van der Waals surface area contributed by atoms with Gasteiger partial charge in [0.15, 0.2) is 0 Å². The third-order valence-electron chi connectivity index (χ3n) is 1.27. The molecule has 5 heteroatoms. The van der Waals surface area contributed by atoms with Crippen LogP contribution in [0, 0.1) is 0 Å². The topological polar surface area (TPSA) is 82.5 Å². The molecule has 0 aliphatic carbocycles. The number of furan rings is 1. The van der Waals surface area contributed by atoms with Crippen LogP contribution in [0.4, 0.5) is 5.69 Å². The molecule has 12 heavy (non-hydrogen) atoms. The first-order valence-electron chi connectivity index (χ1n) is 3.12. The average molecular weight is 169 g/mol.